The van der Waals surface area contributed by atoms with Crippen LogP contribution in [0.2, 0.25) is 0 Å². The molecule has 0 bridgehead atoms. The number of ketones is 1. The Morgan fingerprint density at radius 3 is 2.60 bits per heavy atom. The molecule has 0 aromatic carbocycles. The Bertz CT molecular complexity index is 99.4. The monoisotopic (exact) mass is 159 g/mol. The Kier molecular flexibility index (Phi) is 5.79. The smallest absolute Gasteiger partial charge is 0.136 e. The molecule has 0 rings (SSSR count). The summed E-state index contributed by atoms with van der Waals surface area (Å²) in [7, 11) is 0. The summed E-state index contributed by atoms with van der Waals surface area (Å²) in [5, 5.41) is 0. The van der Waals surface area contributed by atoms with Crippen LogP contribution in [0.5, 0.6) is 0 Å². The van der Waals surface area contributed by atoms with E-state index in [0.717, 1.165) is 12.2 Å². The molecule has 0 N–H and O–H groups in total. The van der Waals surface area contributed by atoms with Gasteiger partial charge in [-0.05, 0) is 18.1 Å². The lowest BCUT2D eigenvalue weighted by Gasteiger charge is -2.01. The summed E-state index contributed by atoms with van der Waals surface area (Å²) in [6, 6.07) is 0. The van der Waals surface area contributed by atoms with Crippen LogP contribution < -0.4 is 0 Å². The highest BCUT2D eigenvalue weighted by Crippen LogP contribution is 2.03. The van der Waals surface area contributed by atoms with Crippen LogP contribution in [0.1, 0.15) is 26.7 Å². The van der Waals surface area contributed by atoms with E-state index in [2.05, 4.69) is 12.6 Å². The number of carbonyl (C=O) groups excluding carboxylic acids is 1. The second-order valence-electron chi connectivity index (χ2n) is 2.78. The van der Waals surface area contributed by atoms with Crippen LogP contribution in [0, 0.1) is 12.3 Å². The van der Waals surface area contributed by atoms with Crippen molar-refractivity contribution in [2.45, 2.75) is 26.7 Å². The number of hydrogen-bond acceptors (Lipinski definition) is 2. The molecule has 0 aliphatic heterocycles. The van der Waals surface area contributed by atoms with E-state index < -0.39 is 0 Å². The van der Waals surface area contributed by atoms with E-state index in [1.165, 1.54) is 0 Å². The van der Waals surface area contributed by atoms with Gasteiger partial charge in [-0.1, -0.05) is 13.8 Å². The minimum Gasteiger partial charge on any atom is -0.299 e. The number of thiol groups is 1. The zero-order valence-corrected chi connectivity index (χ0v) is 7.53. The van der Waals surface area contributed by atoms with Crippen molar-refractivity contribution in [3.63, 3.8) is 0 Å². The van der Waals surface area contributed by atoms with Crippen LogP contribution in [0.3, 0.4) is 0 Å². The quantitative estimate of drug-likeness (QED) is 0.608. The van der Waals surface area contributed by atoms with Crippen LogP contribution in [-0.4, -0.2) is 11.5 Å². The Morgan fingerprint density at radius 2 is 2.20 bits per heavy atom. The predicted octanol–water partition coefficient (Wildman–Crippen LogP) is 2.13. The molecule has 0 spiro atoms. The van der Waals surface area contributed by atoms with Gasteiger partial charge < -0.3 is 0 Å². The molecular formula is C8H15OS. The van der Waals surface area contributed by atoms with E-state index >= 15 is 0 Å². The fraction of sp³-hybridized carbons (Fsp3) is 0.750. The van der Waals surface area contributed by atoms with Gasteiger partial charge in [0.15, 0.2) is 0 Å². The van der Waals surface area contributed by atoms with Gasteiger partial charge in [0.2, 0.25) is 0 Å². The highest BCUT2D eigenvalue weighted by molar-refractivity contribution is 7.80. The number of rotatable bonds is 5. The summed E-state index contributed by atoms with van der Waals surface area (Å²) in [5.74, 6) is 1.50. The van der Waals surface area contributed by atoms with Gasteiger partial charge in [-0.15, -0.1) is 0 Å². The lowest BCUT2D eigenvalue weighted by Crippen LogP contribution is -2.03. The summed E-state index contributed by atoms with van der Waals surface area (Å²) in [4.78, 5) is 10.9. The minimum absolute atomic E-state index is 0.254. The normalized spacial score (nSPS) is 10.4. The van der Waals surface area contributed by atoms with Gasteiger partial charge in [0.25, 0.3) is 0 Å². The van der Waals surface area contributed by atoms with Crippen LogP contribution in [0.25, 0.3) is 0 Å². The van der Waals surface area contributed by atoms with Gasteiger partial charge in [-0.3, -0.25) is 4.79 Å². The van der Waals surface area contributed by atoms with Gasteiger partial charge in [-0.25, -0.2) is 0 Å². The van der Waals surface area contributed by atoms with E-state index in [9.17, 15) is 4.79 Å². The fourth-order valence-corrected chi connectivity index (χ4v) is 0.840. The molecule has 2 heteroatoms. The second-order valence-corrected chi connectivity index (χ2v) is 3.23. The average molecular weight is 159 g/mol. The SMILES string of the molecule is CC(C)CC(=O)[CH]CCS. The molecule has 0 fully saturated rings. The van der Waals surface area contributed by atoms with Crippen LogP contribution in [-0.2, 0) is 4.79 Å². The van der Waals surface area contributed by atoms with Gasteiger partial charge >= 0.3 is 0 Å². The molecule has 0 amide bonds. The first-order valence-electron chi connectivity index (χ1n) is 3.63. The first kappa shape index (κ1) is 10.0. The number of hydrogen-bond donors (Lipinski definition) is 1. The largest absolute Gasteiger partial charge is 0.299 e. The molecule has 0 aliphatic rings. The predicted molar refractivity (Wildman–Crippen MR) is 47.2 cm³/mol. The lowest BCUT2D eigenvalue weighted by atomic mass is 10.0. The third-order valence-electron chi connectivity index (χ3n) is 1.11. The molecule has 0 aromatic heterocycles. The zero-order valence-electron chi connectivity index (χ0n) is 6.63. The third kappa shape index (κ3) is 6.14. The lowest BCUT2D eigenvalue weighted by molar-refractivity contribution is -0.116. The molecule has 0 heterocycles. The average Bonchev–Trinajstić information content (AvgIpc) is 1.82. The molecule has 1 radical (unpaired) electrons. The van der Waals surface area contributed by atoms with Crippen molar-refractivity contribution in [2.75, 3.05) is 5.75 Å². The molecule has 59 valence electrons. The first-order chi connectivity index (χ1) is 4.66. The summed E-state index contributed by atoms with van der Waals surface area (Å²) < 4.78 is 0. The number of carbonyl (C=O) groups is 1. The van der Waals surface area contributed by atoms with Crippen molar-refractivity contribution in [3.05, 3.63) is 6.42 Å². The van der Waals surface area contributed by atoms with Crippen molar-refractivity contribution < 1.29 is 4.79 Å². The fourth-order valence-electron chi connectivity index (χ4n) is 0.711. The van der Waals surface area contributed by atoms with E-state index in [4.69, 9.17) is 0 Å². The van der Waals surface area contributed by atoms with E-state index in [1.807, 2.05) is 13.8 Å². The van der Waals surface area contributed by atoms with Gasteiger partial charge in [-0.2, -0.15) is 12.6 Å². The Hall–Kier alpha value is 0.0200. The molecule has 0 aliphatic carbocycles. The first-order valence-corrected chi connectivity index (χ1v) is 4.27. The maximum atomic E-state index is 10.9. The highest BCUT2D eigenvalue weighted by Gasteiger charge is 2.03. The molecule has 0 saturated heterocycles. The molecule has 0 aromatic rings. The van der Waals surface area contributed by atoms with Crippen molar-refractivity contribution in [3.8, 4) is 0 Å². The minimum atomic E-state index is 0.254. The van der Waals surface area contributed by atoms with Gasteiger partial charge in [0.05, 0.1) is 0 Å². The van der Waals surface area contributed by atoms with Crippen LogP contribution in [0.4, 0.5) is 0 Å². The van der Waals surface area contributed by atoms with Crippen molar-refractivity contribution in [1.82, 2.24) is 0 Å². The molecule has 0 atom stereocenters. The Morgan fingerprint density at radius 1 is 1.60 bits per heavy atom. The molecule has 0 unspecified atom stereocenters. The third-order valence-corrected chi connectivity index (χ3v) is 1.37. The topological polar surface area (TPSA) is 17.1 Å². The zero-order chi connectivity index (χ0) is 7.98. The Labute approximate surface area is 68.6 Å². The van der Waals surface area contributed by atoms with Gasteiger partial charge in [0.1, 0.15) is 5.78 Å². The molecule has 1 nitrogen and oxygen atoms in total. The maximum absolute atomic E-state index is 10.9. The van der Waals surface area contributed by atoms with Crippen LogP contribution in [0.15, 0.2) is 0 Å². The maximum Gasteiger partial charge on any atom is 0.136 e. The highest BCUT2D eigenvalue weighted by atomic mass is 32.1. The molecular weight excluding hydrogens is 144 g/mol. The van der Waals surface area contributed by atoms with Crippen molar-refractivity contribution in [1.29, 1.82) is 0 Å². The second kappa shape index (κ2) is 5.78. The summed E-state index contributed by atoms with van der Waals surface area (Å²) >= 11 is 4.00. The van der Waals surface area contributed by atoms with Crippen molar-refractivity contribution >= 4 is 18.4 Å². The van der Waals surface area contributed by atoms with E-state index in [-0.39, 0.29) is 5.78 Å². The summed E-state index contributed by atoms with van der Waals surface area (Å²) in [6.45, 7) is 4.10. The van der Waals surface area contributed by atoms with Crippen LogP contribution >= 0.6 is 12.6 Å². The number of Topliss-reactive ketones (excluding diaryl/α,β-unsaturated/α-hetero) is 1. The van der Waals surface area contributed by atoms with Crippen molar-refractivity contribution in [2.24, 2.45) is 5.92 Å². The van der Waals surface area contributed by atoms with E-state index in [0.29, 0.717) is 12.3 Å². The molecule has 10 heavy (non-hydrogen) atoms. The standard InChI is InChI=1S/C8H15OS/c1-7(2)6-8(9)4-3-5-10/h4,7,10H,3,5-6H2,1-2H3. The molecule has 0 saturated carbocycles. The summed E-state index contributed by atoms with van der Waals surface area (Å²) in [5.41, 5.74) is 0. The summed E-state index contributed by atoms with van der Waals surface area (Å²) in [6.07, 6.45) is 3.20. The van der Waals surface area contributed by atoms with Gasteiger partial charge in [0, 0.05) is 12.8 Å². The Balaban J connectivity index is 3.26. The van der Waals surface area contributed by atoms with E-state index in [1.54, 1.807) is 6.42 Å².